The number of H-pyrrole nitrogens is 1. The summed E-state index contributed by atoms with van der Waals surface area (Å²) in [6.07, 6.45) is 4.20. The van der Waals surface area contributed by atoms with Crippen LogP contribution in [0.4, 0.5) is 0 Å². The summed E-state index contributed by atoms with van der Waals surface area (Å²) in [6.45, 7) is 1.47. The first-order valence-corrected chi connectivity index (χ1v) is 5.58. The molecule has 86 valence electrons. The van der Waals surface area contributed by atoms with Crippen molar-refractivity contribution in [2.45, 2.75) is 13.0 Å². The van der Waals surface area contributed by atoms with Crippen molar-refractivity contribution in [2.75, 3.05) is 6.54 Å². The van der Waals surface area contributed by atoms with Crippen LogP contribution >= 0.6 is 0 Å². The number of rotatable bonds is 1. The van der Waals surface area contributed by atoms with Gasteiger partial charge in [-0.15, -0.1) is 0 Å². The normalized spacial score (nSPS) is 14.4. The van der Waals surface area contributed by atoms with E-state index in [0.29, 0.717) is 12.4 Å². The number of nitrogens with zero attached hydrogens (tertiary/aromatic N) is 2. The maximum atomic E-state index is 11.9. The van der Waals surface area contributed by atoms with Crippen molar-refractivity contribution in [1.29, 1.82) is 0 Å². The smallest absolute Gasteiger partial charge is 0.255 e. The topological polar surface area (TPSA) is 70.7 Å². The Bertz CT molecular complexity index is 591. The van der Waals surface area contributed by atoms with Gasteiger partial charge >= 0.3 is 0 Å². The highest BCUT2D eigenvalue weighted by molar-refractivity contribution is 5.53. The van der Waals surface area contributed by atoms with Gasteiger partial charge in [0.05, 0.1) is 11.3 Å². The van der Waals surface area contributed by atoms with Crippen LogP contribution in [-0.4, -0.2) is 21.5 Å². The molecule has 0 amide bonds. The quantitative estimate of drug-likeness (QED) is 0.744. The molecule has 0 saturated carbocycles. The van der Waals surface area contributed by atoms with E-state index in [1.165, 1.54) is 0 Å². The number of aromatic amines is 1. The highest BCUT2D eigenvalue weighted by Crippen LogP contribution is 2.14. The van der Waals surface area contributed by atoms with E-state index in [0.717, 1.165) is 29.8 Å². The fourth-order valence-corrected chi connectivity index (χ4v) is 1.99. The molecule has 0 bridgehead atoms. The summed E-state index contributed by atoms with van der Waals surface area (Å²) in [5.74, 6) is 0.601. The highest BCUT2D eigenvalue weighted by atomic mass is 16.1. The zero-order valence-corrected chi connectivity index (χ0v) is 9.23. The van der Waals surface area contributed by atoms with Gasteiger partial charge in [0.2, 0.25) is 0 Å². The maximum absolute atomic E-state index is 11.9. The molecular formula is C12H12N4O. The minimum Gasteiger partial charge on any atom is -0.312 e. The van der Waals surface area contributed by atoms with E-state index in [2.05, 4.69) is 20.3 Å². The van der Waals surface area contributed by atoms with Crippen LogP contribution in [0, 0.1) is 0 Å². The van der Waals surface area contributed by atoms with Crippen LogP contribution in [0.1, 0.15) is 11.3 Å². The van der Waals surface area contributed by atoms with Gasteiger partial charge in [0.1, 0.15) is 5.82 Å². The monoisotopic (exact) mass is 228 g/mol. The fraction of sp³-hybridized carbons (Fsp3) is 0.250. The lowest BCUT2D eigenvalue weighted by Gasteiger charge is -2.15. The average Bonchev–Trinajstić information content (AvgIpc) is 2.40. The van der Waals surface area contributed by atoms with E-state index in [1.54, 1.807) is 12.4 Å². The van der Waals surface area contributed by atoms with E-state index < -0.39 is 0 Å². The molecule has 2 aromatic heterocycles. The van der Waals surface area contributed by atoms with Crippen LogP contribution in [0.15, 0.2) is 29.3 Å². The number of nitrogens with one attached hydrogen (secondary N) is 2. The lowest BCUT2D eigenvalue weighted by molar-refractivity contribution is 0.621. The molecule has 5 nitrogen and oxygen atoms in total. The average molecular weight is 228 g/mol. The van der Waals surface area contributed by atoms with Crippen molar-refractivity contribution in [2.24, 2.45) is 0 Å². The SMILES string of the molecule is O=c1[nH]c(-c2cccnc2)nc2c1CNCC2. The minimum atomic E-state index is -0.0546. The molecule has 3 rings (SSSR count). The summed E-state index contributed by atoms with van der Waals surface area (Å²) in [7, 11) is 0. The summed E-state index contributed by atoms with van der Waals surface area (Å²) < 4.78 is 0. The van der Waals surface area contributed by atoms with E-state index in [1.807, 2.05) is 12.1 Å². The fourth-order valence-electron chi connectivity index (χ4n) is 1.99. The van der Waals surface area contributed by atoms with Gasteiger partial charge in [-0.3, -0.25) is 9.78 Å². The predicted octanol–water partition coefficient (Wildman–Crippen LogP) is 0.478. The second kappa shape index (κ2) is 4.10. The van der Waals surface area contributed by atoms with Gasteiger partial charge in [-0.05, 0) is 12.1 Å². The molecule has 2 aromatic rings. The Morgan fingerprint density at radius 3 is 3.12 bits per heavy atom. The third kappa shape index (κ3) is 1.85. The van der Waals surface area contributed by atoms with Gasteiger partial charge in [0.15, 0.2) is 0 Å². The summed E-state index contributed by atoms with van der Waals surface area (Å²) >= 11 is 0. The first-order valence-electron chi connectivity index (χ1n) is 5.58. The molecule has 1 aliphatic heterocycles. The van der Waals surface area contributed by atoms with Crippen molar-refractivity contribution in [3.63, 3.8) is 0 Å². The van der Waals surface area contributed by atoms with Gasteiger partial charge < -0.3 is 10.3 Å². The Labute approximate surface area is 97.9 Å². The summed E-state index contributed by atoms with van der Waals surface area (Å²) in [5.41, 5.74) is 2.43. The lowest BCUT2D eigenvalue weighted by Crippen LogP contribution is -2.31. The summed E-state index contributed by atoms with van der Waals surface area (Å²) in [6, 6.07) is 3.72. The first kappa shape index (κ1) is 10.2. The molecule has 0 aliphatic carbocycles. The Morgan fingerprint density at radius 2 is 2.29 bits per heavy atom. The van der Waals surface area contributed by atoms with Crippen molar-refractivity contribution in [3.05, 3.63) is 46.1 Å². The van der Waals surface area contributed by atoms with Crippen LogP contribution in [-0.2, 0) is 13.0 Å². The Hall–Kier alpha value is -2.01. The largest absolute Gasteiger partial charge is 0.312 e. The molecule has 0 saturated heterocycles. The Kier molecular flexibility index (Phi) is 2.45. The molecular weight excluding hydrogens is 216 g/mol. The molecule has 5 heteroatoms. The van der Waals surface area contributed by atoms with E-state index in [9.17, 15) is 4.79 Å². The van der Waals surface area contributed by atoms with Crippen molar-refractivity contribution < 1.29 is 0 Å². The third-order valence-electron chi connectivity index (χ3n) is 2.88. The molecule has 1 aliphatic rings. The second-order valence-electron chi connectivity index (χ2n) is 4.01. The molecule has 0 spiro atoms. The molecule has 17 heavy (non-hydrogen) atoms. The van der Waals surface area contributed by atoms with Crippen molar-refractivity contribution in [1.82, 2.24) is 20.3 Å². The Morgan fingerprint density at radius 1 is 1.35 bits per heavy atom. The molecule has 2 N–H and O–H groups in total. The summed E-state index contributed by atoms with van der Waals surface area (Å²) in [4.78, 5) is 23.2. The molecule has 3 heterocycles. The zero-order chi connectivity index (χ0) is 11.7. The maximum Gasteiger partial charge on any atom is 0.255 e. The number of hydrogen-bond donors (Lipinski definition) is 2. The van der Waals surface area contributed by atoms with Crippen LogP contribution in [0.3, 0.4) is 0 Å². The molecule has 0 fully saturated rings. The first-order chi connectivity index (χ1) is 8.34. The van der Waals surface area contributed by atoms with Gasteiger partial charge in [-0.1, -0.05) is 0 Å². The number of aromatic nitrogens is 3. The van der Waals surface area contributed by atoms with Gasteiger partial charge in [0, 0.05) is 37.5 Å². The predicted molar refractivity (Wildman–Crippen MR) is 63.5 cm³/mol. The second-order valence-corrected chi connectivity index (χ2v) is 4.01. The van der Waals surface area contributed by atoms with E-state index >= 15 is 0 Å². The van der Waals surface area contributed by atoms with Crippen LogP contribution in [0.5, 0.6) is 0 Å². The molecule has 0 atom stereocenters. The highest BCUT2D eigenvalue weighted by Gasteiger charge is 2.15. The van der Waals surface area contributed by atoms with Crippen molar-refractivity contribution in [3.8, 4) is 11.4 Å². The Balaban J connectivity index is 2.14. The zero-order valence-electron chi connectivity index (χ0n) is 9.23. The molecule has 0 radical (unpaired) electrons. The number of fused-ring (bicyclic) bond motifs is 1. The molecule has 0 aromatic carbocycles. The van der Waals surface area contributed by atoms with Gasteiger partial charge in [-0.25, -0.2) is 4.98 Å². The van der Waals surface area contributed by atoms with Crippen molar-refractivity contribution >= 4 is 0 Å². The van der Waals surface area contributed by atoms with E-state index in [-0.39, 0.29) is 5.56 Å². The van der Waals surface area contributed by atoms with Crippen LogP contribution in [0.2, 0.25) is 0 Å². The molecule has 0 unspecified atom stereocenters. The number of hydrogen-bond acceptors (Lipinski definition) is 4. The summed E-state index contributed by atoms with van der Waals surface area (Å²) in [5, 5.41) is 3.17. The lowest BCUT2D eigenvalue weighted by atomic mass is 10.1. The minimum absolute atomic E-state index is 0.0546. The van der Waals surface area contributed by atoms with Crippen LogP contribution < -0.4 is 10.9 Å². The van der Waals surface area contributed by atoms with Crippen LogP contribution in [0.25, 0.3) is 11.4 Å². The van der Waals surface area contributed by atoms with E-state index in [4.69, 9.17) is 0 Å². The van der Waals surface area contributed by atoms with Gasteiger partial charge in [-0.2, -0.15) is 0 Å². The van der Waals surface area contributed by atoms with Gasteiger partial charge in [0.25, 0.3) is 5.56 Å². The number of pyridine rings is 1. The standard InChI is InChI=1S/C12H12N4O/c17-12-9-7-14-5-3-10(9)15-11(16-12)8-2-1-4-13-6-8/h1-2,4,6,14H,3,5,7H2,(H,15,16,17). The third-order valence-corrected chi connectivity index (χ3v) is 2.88.